The number of aliphatic carboxylic acids is 1. The number of carbonyl (C=O) groups excluding carboxylic acids is 7. The van der Waals surface area contributed by atoms with Crippen molar-refractivity contribution in [3.05, 3.63) is 91.0 Å². The molecule has 26 nitrogen and oxygen atoms in total. The monoisotopic (exact) mass is 1460 g/mol. The number of aromatic nitrogens is 1. The summed E-state index contributed by atoms with van der Waals surface area (Å²) in [5.41, 5.74) is -1.67. The highest BCUT2D eigenvalue weighted by Gasteiger charge is 2.66. The van der Waals surface area contributed by atoms with Gasteiger partial charge < -0.3 is 74.5 Å². The SMILES string of the molecule is C=CC1CC1(NC(=O)[C@@H]1C[C@@H](OC(=O)Nc2cc(C(F)(F)F)ccc2N2CCCCC2)CN1C(=O)[C@@H](NC(=O)OC1CCCC1)C(C)(C)C)P(=O)(O)O.COc1ccc2c(O[C@@H]3C[C@@H](C(=O)NC4(C(=O)O)CCCCC4)N(C(=O)[C@@H](NC(=O)OC(C)(C)C)C(C)C)C3)cc(-c3ccccc3)nc2c1. The summed E-state index contributed by atoms with van der Waals surface area (Å²) >= 11 is 0. The van der Waals surface area contributed by atoms with Gasteiger partial charge in [0.15, 0.2) is 0 Å². The highest BCUT2D eigenvalue weighted by Crippen LogP contribution is 2.67. The van der Waals surface area contributed by atoms with Gasteiger partial charge in [0.2, 0.25) is 23.6 Å². The smallest absolute Gasteiger partial charge is 0.416 e. The molecule has 3 saturated carbocycles. The molecule has 8 atom stereocenters. The molecule has 4 aromatic rings. The fraction of sp³-hybridized carbons (Fsp3) is 0.575. The number of hydrogen-bond acceptors (Lipinski definition) is 16. The molecular weight excluding hydrogens is 1360 g/mol. The Morgan fingerprint density at radius 2 is 1.33 bits per heavy atom. The summed E-state index contributed by atoms with van der Waals surface area (Å²) in [7, 11) is -3.33. The molecule has 2 unspecified atom stereocenters. The third-order valence-corrected chi connectivity index (χ3v) is 21.4. The lowest BCUT2D eigenvalue weighted by atomic mass is 9.81. The van der Waals surface area contributed by atoms with Crippen molar-refractivity contribution in [1.29, 1.82) is 0 Å². The number of carboxylic acids is 1. The van der Waals surface area contributed by atoms with Gasteiger partial charge in [0, 0.05) is 54.9 Å². The van der Waals surface area contributed by atoms with Gasteiger partial charge in [0.05, 0.1) is 48.3 Å². The molecule has 0 spiro atoms. The van der Waals surface area contributed by atoms with Crippen LogP contribution in [0, 0.1) is 17.3 Å². The van der Waals surface area contributed by atoms with E-state index in [1.54, 1.807) is 62.5 Å². The Balaban J connectivity index is 0.000000240. The summed E-state index contributed by atoms with van der Waals surface area (Å²) in [5, 5.41) is 22.0. The molecule has 103 heavy (non-hydrogen) atoms. The largest absolute Gasteiger partial charge is 0.497 e. The Hall–Kier alpha value is -8.69. The van der Waals surface area contributed by atoms with Crippen molar-refractivity contribution in [3.63, 3.8) is 0 Å². The second kappa shape index (κ2) is 32.1. The Kier molecular flexibility index (Phi) is 24.5. The number of alkyl halides is 3. The lowest BCUT2D eigenvalue weighted by Gasteiger charge is -2.36. The molecule has 7 amide bonds. The lowest BCUT2D eigenvalue weighted by molar-refractivity contribution is -0.151. The maximum atomic E-state index is 14.3. The van der Waals surface area contributed by atoms with Crippen LogP contribution < -0.4 is 41.0 Å². The molecule has 4 heterocycles. The number of fused-ring (bicyclic) bond motifs is 1. The van der Waals surface area contributed by atoms with Crippen molar-refractivity contribution < 1.29 is 94.7 Å². The predicted octanol–water partition coefficient (Wildman–Crippen LogP) is 11.2. The van der Waals surface area contributed by atoms with E-state index in [4.69, 9.17) is 28.7 Å². The summed E-state index contributed by atoms with van der Waals surface area (Å²) < 4.78 is 82.3. The molecular formula is C73H97F3N9O17P. The van der Waals surface area contributed by atoms with Crippen LogP contribution in [0.15, 0.2) is 85.5 Å². The molecule has 3 aromatic carbocycles. The van der Waals surface area contributed by atoms with E-state index in [-0.39, 0.29) is 50.1 Å². The average molecular weight is 1460 g/mol. The zero-order chi connectivity index (χ0) is 75.1. The number of ether oxygens (including phenoxy) is 5. The minimum Gasteiger partial charge on any atom is -0.497 e. The van der Waals surface area contributed by atoms with Crippen molar-refractivity contribution >= 4 is 77.8 Å². The standard InChI is InChI=1S/C38H48N4O8.C35H49F3N5O9P/c1-23(2)32(40-36(47)50-37(3,4)5)34(44)42-22-26(20-30(42)33(43)41-38(35(45)46)17-11-8-12-18-38)49-31-21-28(24-13-9-7-10-14-24)39-29-19-25(48-6)15-16-27(29)31;1-5-21-19-34(21,53(48,49)50)41-29(44)27-18-24(20-43(27)30(45)28(33(2,3)4)40-32(47)51-23-11-7-8-12-23)52-31(46)39-25-17-22(35(36,37)38)13-14-26(25)42-15-9-6-10-16-42/h7,9-10,13-16,19,21,23,26,30,32H,8,11-12,17-18,20,22H2,1-6H3,(H,40,47)(H,41,43)(H,45,46);5,13-14,17,21,23-24,27-28H,1,6-12,15-16,18-20H2,2-4H3,(H,39,46)(H,40,47)(H,41,44)(H2,48,49,50)/t26-,30+,32+;21?,24-,27+,28-,34?/m11/s1. The number of methoxy groups -OCH3 is 1. The van der Waals surface area contributed by atoms with Gasteiger partial charge >= 0.3 is 38.0 Å². The number of carbonyl (C=O) groups is 8. The molecule has 0 bridgehead atoms. The zero-order valence-electron chi connectivity index (χ0n) is 59.8. The highest BCUT2D eigenvalue weighted by molar-refractivity contribution is 7.54. The van der Waals surface area contributed by atoms with Crippen LogP contribution in [-0.2, 0) is 48.9 Å². The van der Waals surface area contributed by atoms with Gasteiger partial charge in [-0.15, -0.1) is 6.58 Å². The van der Waals surface area contributed by atoms with Crippen molar-refractivity contribution in [1.82, 2.24) is 36.1 Å². The number of nitrogens with zero attached hydrogens (tertiary/aromatic N) is 4. The number of alkyl carbamates (subject to hydrolysis) is 2. The molecule has 3 saturated heterocycles. The number of piperidine rings is 1. The molecule has 1 aromatic heterocycles. The van der Waals surface area contributed by atoms with E-state index >= 15 is 0 Å². The van der Waals surface area contributed by atoms with Crippen LogP contribution >= 0.6 is 7.60 Å². The Morgan fingerprint density at radius 3 is 1.91 bits per heavy atom. The van der Waals surface area contributed by atoms with Gasteiger partial charge in [-0.2, -0.15) is 13.2 Å². The third-order valence-electron chi connectivity index (χ3n) is 19.7. The summed E-state index contributed by atoms with van der Waals surface area (Å²) in [4.78, 5) is 138. The number of halogens is 3. The maximum Gasteiger partial charge on any atom is 0.416 e. The van der Waals surface area contributed by atoms with Crippen molar-refractivity contribution in [2.24, 2.45) is 17.3 Å². The van der Waals surface area contributed by atoms with Crippen LogP contribution in [0.4, 0.5) is 38.9 Å². The molecule has 8 N–H and O–H groups in total. The summed E-state index contributed by atoms with van der Waals surface area (Å²) in [6, 6.07) is 15.3. The predicted molar refractivity (Wildman–Crippen MR) is 376 cm³/mol. The van der Waals surface area contributed by atoms with Crippen molar-refractivity contribution in [2.75, 3.05) is 43.5 Å². The van der Waals surface area contributed by atoms with Gasteiger partial charge in [0.25, 0.3) is 0 Å². The average Bonchev–Trinajstić information content (AvgIpc) is 1.56. The van der Waals surface area contributed by atoms with E-state index in [2.05, 4.69) is 33.2 Å². The van der Waals surface area contributed by atoms with E-state index in [1.165, 1.54) is 17.0 Å². The van der Waals surface area contributed by atoms with Gasteiger partial charge in [-0.3, -0.25) is 29.1 Å². The first kappa shape index (κ1) is 78.4. The minimum atomic E-state index is -4.92. The summed E-state index contributed by atoms with van der Waals surface area (Å²) in [6.07, 6.45) is 0.0890. The Morgan fingerprint density at radius 1 is 0.718 bits per heavy atom. The minimum absolute atomic E-state index is 0.0247. The van der Waals surface area contributed by atoms with Crippen LogP contribution in [0.2, 0.25) is 0 Å². The van der Waals surface area contributed by atoms with Gasteiger partial charge in [-0.1, -0.05) is 90.3 Å². The Bertz CT molecular complexity index is 3830. The van der Waals surface area contributed by atoms with Crippen LogP contribution in [-0.4, -0.2) is 170 Å². The highest BCUT2D eigenvalue weighted by atomic mass is 31.2. The summed E-state index contributed by atoms with van der Waals surface area (Å²) in [6.45, 7) is 18.2. The third kappa shape index (κ3) is 19.2. The fourth-order valence-electron chi connectivity index (χ4n) is 14.1. The number of rotatable bonds is 20. The quantitative estimate of drug-likeness (QED) is 0.0231. The number of amides is 7. The lowest BCUT2D eigenvalue weighted by Crippen LogP contribution is -2.61. The maximum absolute atomic E-state index is 14.3. The van der Waals surface area contributed by atoms with Crippen LogP contribution in [0.5, 0.6) is 11.5 Å². The first-order chi connectivity index (χ1) is 48.4. The Labute approximate surface area is 597 Å². The molecule has 562 valence electrons. The van der Waals surface area contributed by atoms with E-state index in [0.717, 1.165) is 66.5 Å². The zero-order valence-corrected chi connectivity index (χ0v) is 60.7. The first-order valence-corrected chi connectivity index (χ1v) is 36.8. The molecule has 6 fully saturated rings. The second-order valence-electron chi connectivity index (χ2n) is 30.0. The van der Waals surface area contributed by atoms with Crippen LogP contribution in [0.3, 0.4) is 0 Å². The number of carboxylic acid groups (broad SMARTS) is 1. The van der Waals surface area contributed by atoms with Crippen LogP contribution in [0.25, 0.3) is 22.2 Å². The van der Waals surface area contributed by atoms with E-state index in [1.807, 2.05) is 59.5 Å². The van der Waals surface area contributed by atoms with Gasteiger partial charge in [-0.05, 0) is 127 Å². The van der Waals surface area contributed by atoms with Gasteiger partial charge in [0.1, 0.15) is 70.4 Å². The second-order valence-corrected chi connectivity index (χ2v) is 31.9. The van der Waals surface area contributed by atoms with E-state index in [9.17, 15) is 71.0 Å². The molecule has 3 aliphatic carbocycles. The molecule has 10 rings (SSSR count). The molecule has 6 aliphatic rings. The number of hydrogen-bond donors (Lipinski definition) is 8. The number of benzene rings is 3. The number of anilines is 2. The van der Waals surface area contributed by atoms with E-state index < -0.39 is 131 Å². The van der Waals surface area contributed by atoms with E-state index in [0.29, 0.717) is 80.0 Å². The normalized spacial score (nSPS) is 22.7. The topological polar surface area (TPSA) is 343 Å². The number of nitrogens with one attached hydrogen (secondary N) is 5. The molecule has 30 heteroatoms. The number of pyridine rings is 1. The number of likely N-dealkylation sites (tertiary alicyclic amines) is 2. The van der Waals surface area contributed by atoms with Crippen molar-refractivity contribution in [2.45, 2.75) is 217 Å². The van der Waals surface area contributed by atoms with Crippen LogP contribution in [0.1, 0.15) is 157 Å². The fourth-order valence-corrected chi connectivity index (χ4v) is 15.3. The summed E-state index contributed by atoms with van der Waals surface area (Å²) in [5.74, 6) is -3.76. The first-order valence-electron chi connectivity index (χ1n) is 35.2. The molecule has 3 aliphatic heterocycles. The van der Waals surface area contributed by atoms with Crippen molar-refractivity contribution in [3.8, 4) is 22.8 Å². The molecule has 0 radical (unpaired) electrons. The van der Waals surface area contributed by atoms with Gasteiger partial charge in [-0.25, -0.2) is 24.2 Å².